The molecule has 246 valence electrons. The van der Waals surface area contributed by atoms with E-state index < -0.39 is 11.9 Å². The number of hydrogen-bond donors (Lipinski definition) is 0. The molecule has 0 unspecified atom stereocenters. The Morgan fingerprint density at radius 1 is 0.500 bits per heavy atom. The molecule has 0 amide bonds. The van der Waals surface area contributed by atoms with Crippen LogP contribution in [0.5, 0.6) is 23.0 Å². The van der Waals surface area contributed by atoms with Gasteiger partial charge in [0.1, 0.15) is 24.0 Å². The van der Waals surface area contributed by atoms with E-state index in [1.807, 2.05) is 109 Å². The van der Waals surface area contributed by atoms with Crippen LogP contribution >= 0.6 is 0 Å². The van der Waals surface area contributed by atoms with Crippen molar-refractivity contribution in [2.24, 2.45) is 0 Å². The summed E-state index contributed by atoms with van der Waals surface area (Å²) in [6.07, 6.45) is 3.78. The zero-order chi connectivity index (χ0) is 33.6. The summed E-state index contributed by atoms with van der Waals surface area (Å²) in [6, 6.07) is 34.8. The lowest BCUT2D eigenvalue weighted by Gasteiger charge is -2.13. The minimum absolute atomic E-state index is 0.190. The fourth-order valence-corrected chi connectivity index (χ4v) is 4.62. The van der Waals surface area contributed by atoms with E-state index in [0.29, 0.717) is 60.2 Å². The van der Waals surface area contributed by atoms with Crippen LogP contribution in [0.25, 0.3) is 21.5 Å². The minimum atomic E-state index is -0.455. The van der Waals surface area contributed by atoms with E-state index in [-0.39, 0.29) is 13.2 Å². The Morgan fingerprint density at radius 2 is 0.896 bits per heavy atom. The van der Waals surface area contributed by atoms with Gasteiger partial charge in [-0.25, -0.2) is 9.59 Å². The maximum Gasteiger partial charge on any atom is 0.336 e. The molecule has 0 radical (unpaired) electrons. The van der Waals surface area contributed by atoms with Crippen LogP contribution in [0, 0.1) is 0 Å². The normalized spacial score (nSPS) is 11.6. The monoisotopic (exact) mass is 646 g/mol. The van der Waals surface area contributed by atoms with E-state index in [4.69, 9.17) is 28.4 Å². The third-order valence-electron chi connectivity index (χ3n) is 7.24. The molecule has 0 atom stereocenters. The van der Waals surface area contributed by atoms with Crippen molar-refractivity contribution >= 4 is 33.5 Å². The van der Waals surface area contributed by atoms with Crippen molar-refractivity contribution in [1.82, 2.24) is 0 Å². The number of benzene rings is 5. The number of esters is 2. The molecule has 0 aliphatic rings. The van der Waals surface area contributed by atoms with Gasteiger partial charge in [0.05, 0.1) is 37.6 Å². The minimum Gasteiger partial charge on any atom is -0.490 e. The molecule has 5 aromatic carbocycles. The smallest absolute Gasteiger partial charge is 0.336 e. The summed E-state index contributed by atoms with van der Waals surface area (Å²) in [6.45, 7) is 4.33. The van der Waals surface area contributed by atoms with Gasteiger partial charge >= 0.3 is 11.9 Å². The Bertz CT molecular complexity index is 1770. The molecular formula is C40H38O8. The Hall–Kier alpha value is -5.76. The van der Waals surface area contributed by atoms with Gasteiger partial charge in [-0.1, -0.05) is 72.8 Å². The molecular weight excluding hydrogens is 608 g/mol. The van der Waals surface area contributed by atoms with Crippen molar-refractivity contribution in [2.75, 3.05) is 26.4 Å². The molecule has 0 saturated heterocycles. The van der Waals surface area contributed by atoms with Gasteiger partial charge in [0.15, 0.2) is 11.5 Å². The zero-order valence-corrected chi connectivity index (χ0v) is 27.1. The number of fused-ring (bicyclic) bond motifs is 2. The van der Waals surface area contributed by atoms with Crippen molar-refractivity contribution in [2.45, 2.75) is 26.7 Å². The standard InChI is InChI=1S/C40H38O8/c1-29(27-47-35-19-17-31-11-3-5-13-33(31)25-35)39(41)45-23-9-21-43-37-15-7-8-16-38(37)44-22-10-24-46-40(42)30(2)28-48-36-20-18-32-12-4-6-14-34(32)26-36/h3-8,11-20,25-28H,9-10,21-24H2,1-2H3. The van der Waals surface area contributed by atoms with Crippen LogP contribution in [0.1, 0.15) is 26.7 Å². The van der Waals surface area contributed by atoms with Crippen molar-refractivity contribution in [3.05, 3.63) is 133 Å². The third-order valence-corrected chi connectivity index (χ3v) is 7.24. The number of hydrogen-bond acceptors (Lipinski definition) is 8. The van der Waals surface area contributed by atoms with E-state index in [0.717, 1.165) is 21.5 Å². The van der Waals surface area contributed by atoms with E-state index in [2.05, 4.69) is 0 Å². The molecule has 5 aromatic rings. The lowest BCUT2D eigenvalue weighted by Crippen LogP contribution is -2.11. The second-order valence-corrected chi connectivity index (χ2v) is 11.0. The third kappa shape index (κ3) is 9.87. The molecule has 0 aliphatic carbocycles. The van der Waals surface area contributed by atoms with Gasteiger partial charge in [-0.2, -0.15) is 0 Å². The van der Waals surface area contributed by atoms with Gasteiger partial charge in [0.2, 0.25) is 0 Å². The van der Waals surface area contributed by atoms with E-state index in [1.165, 1.54) is 12.5 Å². The van der Waals surface area contributed by atoms with Gasteiger partial charge in [0, 0.05) is 12.8 Å². The van der Waals surface area contributed by atoms with Crippen molar-refractivity contribution in [3.8, 4) is 23.0 Å². The summed E-state index contributed by atoms with van der Waals surface area (Å²) in [7, 11) is 0. The number of ether oxygens (including phenoxy) is 6. The maximum atomic E-state index is 12.4. The van der Waals surface area contributed by atoms with Crippen LogP contribution in [0.2, 0.25) is 0 Å². The molecule has 0 heterocycles. The van der Waals surface area contributed by atoms with E-state index >= 15 is 0 Å². The zero-order valence-electron chi connectivity index (χ0n) is 27.1. The summed E-state index contributed by atoms with van der Waals surface area (Å²) >= 11 is 0. The molecule has 0 bridgehead atoms. The average molecular weight is 647 g/mol. The molecule has 0 fully saturated rings. The van der Waals surface area contributed by atoms with Crippen LogP contribution < -0.4 is 18.9 Å². The quantitative estimate of drug-likeness (QED) is 0.0456. The average Bonchev–Trinajstić information content (AvgIpc) is 3.12. The first kappa shape index (κ1) is 33.6. The highest BCUT2D eigenvalue weighted by Crippen LogP contribution is 2.27. The summed E-state index contributed by atoms with van der Waals surface area (Å²) in [4.78, 5) is 24.7. The molecule has 0 aliphatic heterocycles. The van der Waals surface area contributed by atoms with Crippen LogP contribution in [0.3, 0.4) is 0 Å². The van der Waals surface area contributed by atoms with Gasteiger partial charge in [-0.3, -0.25) is 0 Å². The summed E-state index contributed by atoms with van der Waals surface area (Å²) in [5.41, 5.74) is 0.711. The Morgan fingerprint density at radius 3 is 1.33 bits per heavy atom. The molecule has 0 spiro atoms. The highest BCUT2D eigenvalue weighted by atomic mass is 16.5. The lowest BCUT2D eigenvalue weighted by atomic mass is 10.1. The summed E-state index contributed by atoms with van der Waals surface area (Å²) < 4.78 is 33.8. The van der Waals surface area contributed by atoms with Gasteiger partial charge in [-0.15, -0.1) is 0 Å². The molecule has 0 aromatic heterocycles. The van der Waals surface area contributed by atoms with Crippen molar-refractivity contribution < 1.29 is 38.0 Å². The Labute approximate surface area is 280 Å². The van der Waals surface area contributed by atoms with Crippen molar-refractivity contribution in [1.29, 1.82) is 0 Å². The molecule has 0 saturated carbocycles. The fourth-order valence-electron chi connectivity index (χ4n) is 4.62. The van der Waals surface area contributed by atoms with Gasteiger partial charge < -0.3 is 28.4 Å². The van der Waals surface area contributed by atoms with Gasteiger partial charge in [-0.05, 0) is 71.8 Å². The number of carbonyl (C=O) groups is 2. The first-order valence-electron chi connectivity index (χ1n) is 15.8. The van der Waals surface area contributed by atoms with Gasteiger partial charge in [0.25, 0.3) is 0 Å². The second-order valence-electron chi connectivity index (χ2n) is 11.0. The molecule has 8 nitrogen and oxygen atoms in total. The van der Waals surface area contributed by atoms with Crippen LogP contribution in [-0.2, 0) is 19.1 Å². The predicted molar refractivity (Wildman–Crippen MR) is 185 cm³/mol. The number of para-hydroxylation sites is 2. The maximum absolute atomic E-state index is 12.4. The van der Waals surface area contributed by atoms with Crippen molar-refractivity contribution in [3.63, 3.8) is 0 Å². The Balaban J connectivity index is 0.963. The second kappa shape index (κ2) is 17.2. The number of carbonyl (C=O) groups excluding carboxylic acids is 2. The summed E-state index contributed by atoms with van der Waals surface area (Å²) in [5, 5.41) is 4.34. The number of rotatable bonds is 16. The SMILES string of the molecule is CC(=COc1ccc2ccccc2c1)C(=O)OCCCOc1ccccc1OCCCOC(=O)C(C)=COc1ccc2ccccc2c1. The lowest BCUT2D eigenvalue weighted by molar-refractivity contribution is -0.140. The fraction of sp³-hybridized carbons (Fsp3) is 0.200. The highest BCUT2D eigenvalue weighted by Gasteiger charge is 2.10. The van der Waals surface area contributed by atoms with Crippen LogP contribution in [-0.4, -0.2) is 38.4 Å². The predicted octanol–water partition coefficient (Wildman–Crippen LogP) is 8.58. The first-order valence-corrected chi connectivity index (χ1v) is 15.8. The highest BCUT2D eigenvalue weighted by molar-refractivity contribution is 5.88. The molecule has 0 N–H and O–H groups in total. The van der Waals surface area contributed by atoms with Crippen LogP contribution in [0.15, 0.2) is 133 Å². The molecule has 48 heavy (non-hydrogen) atoms. The topological polar surface area (TPSA) is 89.5 Å². The first-order chi connectivity index (χ1) is 23.5. The molecule has 5 rings (SSSR count). The van der Waals surface area contributed by atoms with E-state index in [1.54, 1.807) is 13.8 Å². The van der Waals surface area contributed by atoms with E-state index in [9.17, 15) is 9.59 Å². The Kier molecular flexibility index (Phi) is 12.1. The largest absolute Gasteiger partial charge is 0.490 e. The molecule has 8 heteroatoms. The van der Waals surface area contributed by atoms with Crippen LogP contribution in [0.4, 0.5) is 0 Å². The summed E-state index contributed by atoms with van der Waals surface area (Å²) in [5.74, 6) is 1.52.